The average Bonchev–Trinajstić information content (AvgIpc) is 2.97. The molecule has 0 unspecified atom stereocenters. The maximum absolute atomic E-state index is 8.52. The minimum absolute atomic E-state index is 0.240. The molecule has 4 aromatic rings. The van der Waals surface area contributed by atoms with Crippen LogP contribution in [0.1, 0.15) is 22.3 Å². The topological polar surface area (TPSA) is 57.5 Å². The zero-order valence-corrected chi connectivity index (χ0v) is 22.6. The molecule has 4 rings (SSSR count). The Hall–Kier alpha value is -2.69. The van der Waals surface area contributed by atoms with Crippen molar-refractivity contribution < 1.29 is 33.9 Å². The molecule has 0 aromatic heterocycles. The van der Waals surface area contributed by atoms with Crippen LogP contribution in [0.2, 0.25) is 0 Å². The van der Waals surface area contributed by atoms with E-state index < -0.39 is 0 Å². The molecule has 36 heavy (non-hydrogen) atoms. The molecule has 0 aliphatic carbocycles. The van der Waals surface area contributed by atoms with Gasteiger partial charge in [-0.05, 0) is 24.0 Å². The first kappa shape index (κ1) is 33.3. The van der Waals surface area contributed by atoms with Crippen molar-refractivity contribution in [3.63, 3.8) is 0 Å². The summed E-state index contributed by atoms with van der Waals surface area (Å²) in [6, 6.07) is 40.3. The van der Waals surface area contributed by atoms with Gasteiger partial charge in [0, 0.05) is 13.2 Å². The van der Waals surface area contributed by atoms with Gasteiger partial charge in [-0.1, -0.05) is 132 Å². The summed E-state index contributed by atoms with van der Waals surface area (Å²) < 4.78 is 8.25. The van der Waals surface area contributed by atoms with Gasteiger partial charge < -0.3 is 24.1 Å². The monoisotopic (exact) mass is 518 g/mol. The summed E-state index contributed by atoms with van der Waals surface area (Å²) in [5.74, 6) is 0. The van der Waals surface area contributed by atoms with Crippen LogP contribution in [0.3, 0.4) is 0 Å². The molecule has 0 atom stereocenters. The van der Waals surface area contributed by atoms with Crippen molar-refractivity contribution in [3.05, 3.63) is 157 Å². The quantitative estimate of drug-likeness (QED) is 0.228. The molecular weight excluding hydrogens is 480 g/mol. The average molecular weight is 519 g/mol. The second kappa shape index (κ2) is 25.4. The molecule has 2 N–H and O–H groups in total. The Morgan fingerprint density at radius 2 is 0.667 bits per heavy atom. The maximum atomic E-state index is 8.52. The fourth-order valence-electron chi connectivity index (χ4n) is 2.84. The zero-order chi connectivity index (χ0) is 26.7. The van der Waals surface area contributed by atoms with Crippen molar-refractivity contribution in [2.75, 3.05) is 13.2 Å². The summed E-state index contributed by atoms with van der Waals surface area (Å²) in [5, 5.41) is 17.0. The predicted octanol–water partition coefficient (Wildman–Crippen LogP) is 6.45. The number of rotatable bonds is 6. The van der Waals surface area contributed by atoms with Gasteiger partial charge in [0.05, 0.1) is 0 Å². The summed E-state index contributed by atoms with van der Waals surface area (Å²) in [4.78, 5) is 0. The molecule has 188 valence electrons. The van der Waals surface area contributed by atoms with Crippen LogP contribution in [-0.4, -0.2) is 23.4 Å². The number of hydrogen-bond donors (Lipinski definition) is 2. The Bertz CT molecular complexity index is 869. The SMILES string of the molecule is OCCc1ccccc1.OCCc1ccccc1.[CH2-]Cc1ccccc1.[CH2-]Cc1ccccc1.[O]=[Ti+2]. The van der Waals surface area contributed by atoms with Crippen LogP contribution < -0.4 is 0 Å². The van der Waals surface area contributed by atoms with E-state index >= 15 is 0 Å². The van der Waals surface area contributed by atoms with Crippen LogP contribution in [0.5, 0.6) is 0 Å². The van der Waals surface area contributed by atoms with Gasteiger partial charge in [-0.3, -0.25) is 0 Å². The van der Waals surface area contributed by atoms with Gasteiger partial charge in [-0.2, -0.15) is 12.8 Å². The van der Waals surface area contributed by atoms with Crippen molar-refractivity contribution in [2.24, 2.45) is 0 Å². The van der Waals surface area contributed by atoms with Gasteiger partial charge in [0.25, 0.3) is 0 Å². The number of hydrogen-bond acceptors (Lipinski definition) is 3. The predicted molar refractivity (Wildman–Crippen MR) is 146 cm³/mol. The molecule has 0 saturated carbocycles. The molecule has 0 heterocycles. The molecule has 4 aromatic carbocycles. The Morgan fingerprint density at radius 3 is 0.833 bits per heavy atom. The van der Waals surface area contributed by atoms with Crippen molar-refractivity contribution in [3.8, 4) is 0 Å². The third kappa shape index (κ3) is 18.6. The van der Waals surface area contributed by atoms with E-state index in [9.17, 15) is 0 Å². The summed E-state index contributed by atoms with van der Waals surface area (Å²) in [6.07, 6.45) is 3.31. The molecular formula is C32H38O3Ti. The van der Waals surface area contributed by atoms with E-state index in [4.69, 9.17) is 13.5 Å². The van der Waals surface area contributed by atoms with Crippen molar-refractivity contribution >= 4 is 0 Å². The van der Waals surface area contributed by atoms with Crippen LogP contribution in [-0.2, 0) is 49.4 Å². The molecule has 0 saturated heterocycles. The van der Waals surface area contributed by atoms with E-state index in [0.29, 0.717) is 0 Å². The summed E-state index contributed by atoms with van der Waals surface area (Å²) >= 11 is 0.750. The van der Waals surface area contributed by atoms with E-state index in [1.54, 1.807) is 0 Å². The van der Waals surface area contributed by atoms with Crippen LogP contribution >= 0.6 is 0 Å². The van der Waals surface area contributed by atoms with E-state index in [2.05, 4.69) is 38.1 Å². The number of aliphatic hydroxyl groups is 2. The summed E-state index contributed by atoms with van der Waals surface area (Å²) in [6.45, 7) is 7.99. The van der Waals surface area contributed by atoms with Crippen LogP contribution in [0.25, 0.3) is 0 Å². The minimum atomic E-state index is 0.240. The van der Waals surface area contributed by atoms with Crippen LogP contribution in [0, 0.1) is 13.8 Å². The van der Waals surface area contributed by atoms with Crippen molar-refractivity contribution in [1.82, 2.24) is 0 Å². The first-order chi connectivity index (χ1) is 17.7. The Balaban J connectivity index is 0.000000444. The second-order valence-corrected chi connectivity index (χ2v) is 7.39. The molecule has 3 nitrogen and oxygen atoms in total. The molecule has 0 amide bonds. The van der Waals surface area contributed by atoms with E-state index in [1.165, 1.54) is 22.3 Å². The van der Waals surface area contributed by atoms with Crippen molar-refractivity contribution in [1.29, 1.82) is 0 Å². The van der Waals surface area contributed by atoms with Gasteiger partial charge in [-0.25, -0.2) is 0 Å². The van der Waals surface area contributed by atoms with Gasteiger partial charge in [0.15, 0.2) is 0 Å². The van der Waals surface area contributed by atoms with E-state index in [-0.39, 0.29) is 13.2 Å². The Morgan fingerprint density at radius 1 is 0.444 bits per heavy atom. The van der Waals surface area contributed by atoms with Crippen molar-refractivity contribution in [2.45, 2.75) is 25.7 Å². The molecule has 0 spiro atoms. The number of aliphatic hydroxyl groups excluding tert-OH is 2. The van der Waals surface area contributed by atoms with Crippen LogP contribution in [0.4, 0.5) is 0 Å². The molecule has 0 aliphatic rings. The van der Waals surface area contributed by atoms with Gasteiger partial charge >= 0.3 is 23.7 Å². The normalized spacial score (nSPS) is 8.94. The number of benzene rings is 4. The van der Waals surface area contributed by atoms with E-state index in [0.717, 1.165) is 46.1 Å². The Labute approximate surface area is 229 Å². The third-order valence-electron chi connectivity index (χ3n) is 4.75. The standard InChI is InChI=1S/2C8H10O.2C8H9.O.Ti/c2*9-7-6-8-4-2-1-3-5-8;2*1-2-8-6-4-3-5-7-8;;/h2*1-5,9H,6-7H2;2*3-7H,1-2H2;;/q;;2*-1;;+2. The first-order valence-corrected chi connectivity index (χ1v) is 12.5. The second-order valence-electron chi connectivity index (χ2n) is 7.39. The molecule has 4 heteroatoms. The van der Waals surface area contributed by atoms with Crippen LogP contribution in [0.15, 0.2) is 121 Å². The zero-order valence-electron chi connectivity index (χ0n) is 21.0. The fourth-order valence-corrected chi connectivity index (χ4v) is 2.84. The molecule has 0 fully saturated rings. The van der Waals surface area contributed by atoms with Gasteiger partial charge in [0.2, 0.25) is 0 Å². The molecule has 0 bridgehead atoms. The summed E-state index contributed by atoms with van der Waals surface area (Å²) in [7, 11) is 0. The van der Waals surface area contributed by atoms with Gasteiger partial charge in [0.1, 0.15) is 0 Å². The first-order valence-electron chi connectivity index (χ1n) is 11.9. The molecule has 0 radical (unpaired) electrons. The van der Waals surface area contributed by atoms with Gasteiger partial charge in [-0.15, -0.1) is 0 Å². The fraction of sp³-hybridized carbons (Fsp3) is 0.188. The summed E-state index contributed by atoms with van der Waals surface area (Å²) in [5.41, 5.74) is 4.99. The molecule has 0 aliphatic heterocycles. The Kier molecular flexibility index (Phi) is 23.5. The third-order valence-corrected chi connectivity index (χ3v) is 4.75. The van der Waals surface area contributed by atoms with E-state index in [1.807, 2.05) is 97.1 Å².